The highest BCUT2D eigenvalue weighted by Gasteiger charge is 2.32. The monoisotopic (exact) mass is 299 g/mol. The van der Waals surface area contributed by atoms with Gasteiger partial charge in [0.25, 0.3) is 0 Å². The normalized spacial score (nSPS) is 11.6. The molecule has 2 rings (SSSR count). The number of carboxylic acid groups (broad SMARTS) is 1. The van der Waals surface area contributed by atoms with Gasteiger partial charge in [-0.25, -0.2) is 4.79 Å². The third-order valence-corrected chi connectivity index (χ3v) is 2.81. The average molecular weight is 299 g/mol. The summed E-state index contributed by atoms with van der Waals surface area (Å²) in [5, 5.41) is 11.5. The molecular weight excluding hydrogens is 287 g/mol. The Kier molecular flexibility index (Phi) is 4.32. The van der Waals surface area contributed by atoms with Crippen LogP contribution in [-0.2, 0) is 19.3 Å². The summed E-state index contributed by atoms with van der Waals surface area (Å²) < 4.78 is 43.3. The maximum Gasteiger partial charge on any atom is 0.416 e. The molecule has 0 aliphatic carbocycles. The minimum atomic E-state index is -4.40. The molecule has 1 aromatic carbocycles. The Morgan fingerprint density at radius 2 is 1.86 bits per heavy atom. The molecule has 0 radical (unpaired) electrons. The first-order valence-electron chi connectivity index (χ1n) is 6.06. The predicted molar refractivity (Wildman–Crippen MR) is 67.7 cm³/mol. The van der Waals surface area contributed by atoms with E-state index in [4.69, 9.17) is 9.52 Å². The summed E-state index contributed by atoms with van der Waals surface area (Å²) in [7, 11) is 0. The molecule has 7 heteroatoms. The van der Waals surface area contributed by atoms with Crippen LogP contribution in [0, 0.1) is 0 Å². The maximum atomic E-state index is 12.8. The summed E-state index contributed by atoms with van der Waals surface area (Å²) in [5.74, 6) is -1.05. The van der Waals surface area contributed by atoms with E-state index in [0.29, 0.717) is 5.76 Å². The van der Waals surface area contributed by atoms with E-state index < -0.39 is 17.7 Å². The van der Waals surface area contributed by atoms with Crippen molar-refractivity contribution in [1.29, 1.82) is 0 Å². The molecule has 0 aliphatic heterocycles. The van der Waals surface area contributed by atoms with Crippen molar-refractivity contribution in [3.63, 3.8) is 0 Å². The van der Waals surface area contributed by atoms with Crippen molar-refractivity contribution in [3.8, 4) is 0 Å². The molecule has 2 N–H and O–H groups in total. The number of aromatic carboxylic acids is 1. The van der Waals surface area contributed by atoms with Crippen LogP contribution < -0.4 is 5.32 Å². The molecule has 1 aromatic heterocycles. The van der Waals surface area contributed by atoms with Crippen LogP contribution in [-0.4, -0.2) is 11.1 Å². The molecular formula is C14H12F3NO3. The van der Waals surface area contributed by atoms with Gasteiger partial charge in [-0.15, -0.1) is 0 Å². The number of carboxylic acids is 1. The van der Waals surface area contributed by atoms with Gasteiger partial charge < -0.3 is 14.8 Å². The second-order valence-electron chi connectivity index (χ2n) is 4.33. The van der Waals surface area contributed by atoms with Crippen LogP contribution in [0.1, 0.15) is 27.4 Å². The van der Waals surface area contributed by atoms with E-state index in [-0.39, 0.29) is 24.4 Å². The summed E-state index contributed by atoms with van der Waals surface area (Å²) >= 11 is 0. The first kappa shape index (κ1) is 15.1. The SMILES string of the molecule is O=C(O)c1ccc(CNCc2ccccc2C(F)(F)F)o1. The highest BCUT2D eigenvalue weighted by molar-refractivity contribution is 5.84. The van der Waals surface area contributed by atoms with Gasteiger partial charge in [-0.3, -0.25) is 0 Å². The molecule has 0 bridgehead atoms. The van der Waals surface area contributed by atoms with Crippen LogP contribution in [0.5, 0.6) is 0 Å². The van der Waals surface area contributed by atoms with Crippen molar-refractivity contribution in [3.05, 3.63) is 59.0 Å². The number of nitrogens with one attached hydrogen (secondary N) is 1. The zero-order chi connectivity index (χ0) is 15.5. The van der Waals surface area contributed by atoms with Crippen molar-refractivity contribution in [1.82, 2.24) is 5.32 Å². The fourth-order valence-corrected chi connectivity index (χ4v) is 1.86. The highest BCUT2D eigenvalue weighted by Crippen LogP contribution is 2.31. The molecule has 0 amide bonds. The van der Waals surface area contributed by atoms with Gasteiger partial charge in [0.05, 0.1) is 12.1 Å². The van der Waals surface area contributed by atoms with Gasteiger partial charge in [0.2, 0.25) is 5.76 Å². The van der Waals surface area contributed by atoms with Crippen LogP contribution in [0.3, 0.4) is 0 Å². The fourth-order valence-electron chi connectivity index (χ4n) is 1.86. The number of benzene rings is 1. The van der Waals surface area contributed by atoms with E-state index in [0.717, 1.165) is 6.07 Å². The van der Waals surface area contributed by atoms with E-state index in [2.05, 4.69) is 5.32 Å². The van der Waals surface area contributed by atoms with Crippen molar-refractivity contribution >= 4 is 5.97 Å². The number of carbonyl (C=O) groups is 1. The van der Waals surface area contributed by atoms with E-state index in [1.807, 2.05) is 0 Å². The van der Waals surface area contributed by atoms with Gasteiger partial charge in [-0.2, -0.15) is 13.2 Å². The fraction of sp³-hybridized carbons (Fsp3) is 0.214. The Bertz CT molecular complexity index is 634. The third kappa shape index (κ3) is 3.85. The Morgan fingerprint density at radius 1 is 1.14 bits per heavy atom. The van der Waals surface area contributed by atoms with Crippen molar-refractivity contribution in [2.45, 2.75) is 19.3 Å². The number of alkyl halides is 3. The molecule has 0 saturated carbocycles. The van der Waals surface area contributed by atoms with Gasteiger partial charge in [0.15, 0.2) is 0 Å². The van der Waals surface area contributed by atoms with Crippen LogP contribution in [0.15, 0.2) is 40.8 Å². The maximum absolute atomic E-state index is 12.8. The quantitative estimate of drug-likeness (QED) is 0.889. The summed E-state index contributed by atoms with van der Waals surface area (Å²) in [6.07, 6.45) is -4.40. The zero-order valence-corrected chi connectivity index (χ0v) is 10.8. The van der Waals surface area contributed by atoms with Crippen LogP contribution in [0.4, 0.5) is 13.2 Å². The molecule has 0 saturated heterocycles. The zero-order valence-electron chi connectivity index (χ0n) is 10.8. The van der Waals surface area contributed by atoms with Crippen LogP contribution in [0.2, 0.25) is 0 Å². The first-order chi connectivity index (χ1) is 9.88. The molecule has 0 atom stereocenters. The molecule has 21 heavy (non-hydrogen) atoms. The second kappa shape index (κ2) is 6.01. The van der Waals surface area contributed by atoms with Gasteiger partial charge in [-0.05, 0) is 23.8 Å². The molecule has 1 heterocycles. The van der Waals surface area contributed by atoms with Gasteiger partial charge >= 0.3 is 12.1 Å². The largest absolute Gasteiger partial charge is 0.475 e. The summed E-state index contributed by atoms with van der Waals surface area (Å²) in [4.78, 5) is 10.6. The Labute approximate surface area is 118 Å². The van der Waals surface area contributed by atoms with Gasteiger partial charge in [0, 0.05) is 6.54 Å². The molecule has 2 aromatic rings. The minimum Gasteiger partial charge on any atom is -0.475 e. The number of furan rings is 1. The van der Waals surface area contributed by atoms with Crippen molar-refractivity contribution < 1.29 is 27.5 Å². The minimum absolute atomic E-state index is 0.00120. The van der Waals surface area contributed by atoms with E-state index >= 15 is 0 Å². The Balaban J connectivity index is 1.99. The average Bonchev–Trinajstić information content (AvgIpc) is 2.87. The predicted octanol–water partition coefficient (Wildman–Crippen LogP) is 3.29. The van der Waals surface area contributed by atoms with E-state index in [1.54, 1.807) is 0 Å². The topological polar surface area (TPSA) is 62.5 Å². The van der Waals surface area contributed by atoms with Gasteiger partial charge in [0.1, 0.15) is 5.76 Å². The first-order valence-corrected chi connectivity index (χ1v) is 6.06. The lowest BCUT2D eigenvalue weighted by molar-refractivity contribution is -0.138. The van der Waals surface area contributed by atoms with Crippen LogP contribution in [0.25, 0.3) is 0 Å². The lowest BCUT2D eigenvalue weighted by Gasteiger charge is -2.12. The molecule has 0 aliphatic rings. The Morgan fingerprint density at radius 3 is 2.48 bits per heavy atom. The summed E-state index contributed by atoms with van der Waals surface area (Å²) in [6.45, 7) is 0.137. The van der Waals surface area contributed by atoms with Crippen LogP contribution >= 0.6 is 0 Å². The molecule has 0 spiro atoms. The standard InChI is InChI=1S/C14H12F3NO3/c15-14(16,17)11-4-2-1-3-9(11)7-18-8-10-5-6-12(21-10)13(19)20/h1-6,18H,7-8H2,(H,19,20). The van der Waals surface area contributed by atoms with E-state index in [9.17, 15) is 18.0 Å². The number of halogens is 3. The molecule has 4 nitrogen and oxygen atoms in total. The highest BCUT2D eigenvalue weighted by atomic mass is 19.4. The smallest absolute Gasteiger partial charge is 0.416 e. The Hall–Kier alpha value is -2.28. The number of hydrogen-bond donors (Lipinski definition) is 2. The third-order valence-electron chi connectivity index (χ3n) is 2.81. The van der Waals surface area contributed by atoms with Gasteiger partial charge in [-0.1, -0.05) is 18.2 Å². The molecule has 112 valence electrons. The summed E-state index contributed by atoms with van der Waals surface area (Å²) in [5.41, 5.74) is -0.571. The lowest BCUT2D eigenvalue weighted by Crippen LogP contribution is -2.17. The second-order valence-corrected chi connectivity index (χ2v) is 4.33. The number of hydrogen-bond acceptors (Lipinski definition) is 3. The van der Waals surface area contributed by atoms with E-state index in [1.165, 1.54) is 30.3 Å². The molecule has 0 unspecified atom stereocenters. The number of rotatable bonds is 5. The summed E-state index contributed by atoms with van der Waals surface area (Å²) in [6, 6.07) is 8.03. The lowest BCUT2D eigenvalue weighted by atomic mass is 10.1. The van der Waals surface area contributed by atoms with Crippen molar-refractivity contribution in [2.75, 3.05) is 0 Å². The molecule has 0 fully saturated rings. The van der Waals surface area contributed by atoms with Crippen molar-refractivity contribution in [2.24, 2.45) is 0 Å².